The van der Waals surface area contributed by atoms with Gasteiger partial charge in [0.25, 0.3) is 0 Å². The molecule has 18 heavy (non-hydrogen) atoms. The van der Waals surface area contributed by atoms with Crippen LogP contribution in [0.4, 0.5) is 10.1 Å². The summed E-state index contributed by atoms with van der Waals surface area (Å²) < 4.78 is 13.3. The zero-order valence-corrected chi connectivity index (χ0v) is 10.9. The predicted molar refractivity (Wildman–Crippen MR) is 71.0 cm³/mol. The average Bonchev–Trinajstić information content (AvgIpc) is 2.26. The Morgan fingerprint density at radius 1 is 1.50 bits per heavy atom. The molecular weight excluding hydrogens is 231 g/mol. The fraction of sp³-hybridized carbons (Fsp3) is 0.571. The normalized spacial score (nSPS) is 24.5. The number of hydrogen-bond donors (Lipinski definition) is 2. The third-order valence-corrected chi connectivity index (χ3v) is 3.63. The number of benzene rings is 1. The van der Waals surface area contributed by atoms with E-state index in [9.17, 15) is 9.50 Å². The van der Waals surface area contributed by atoms with E-state index in [2.05, 4.69) is 4.90 Å². The Morgan fingerprint density at radius 2 is 2.17 bits per heavy atom. The van der Waals surface area contributed by atoms with Gasteiger partial charge in [-0.1, -0.05) is 0 Å². The van der Waals surface area contributed by atoms with E-state index in [1.165, 1.54) is 12.1 Å². The van der Waals surface area contributed by atoms with Gasteiger partial charge in [-0.3, -0.25) is 0 Å². The second-order valence-electron chi connectivity index (χ2n) is 5.36. The van der Waals surface area contributed by atoms with Crippen molar-refractivity contribution >= 4 is 5.69 Å². The van der Waals surface area contributed by atoms with Crippen molar-refractivity contribution in [1.82, 2.24) is 0 Å². The van der Waals surface area contributed by atoms with Gasteiger partial charge in [-0.2, -0.15) is 0 Å². The molecule has 0 aliphatic heterocycles. The third kappa shape index (κ3) is 2.82. The highest BCUT2D eigenvalue weighted by Gasteiger charge is 2.28. The quantitative estimate of drug-likeness (QED) is 0.862. The number of aliphatic hydroxyl groups excluding tert-OH is 1. The van der Waals surface area contributed by atoms with E-state index in [0.29, 0.717) is 5.92 Å². The van der Waals surface area contributed by atoms with E-state index in [0.717, 1.165) is 30.6 Å². The Kier molecular flexibility index (Phi) is 3.88. The molecule has 1 aliphatic carbocycles. The lowest BCUT2D eigenvalue weighted by molar-refractivity contribution is 0.0464. The van der Waals surface area contributed by atoms with Crippen molar-refractivity contribution in [1.29, 1.82) is 0 Å². The lowest BCUT2D eigenvalue weighted by Crippen LogP contribution is -2.37. The number of rotatable bonds is 4. The van der Waals surface area contributed by atoms with Crippen LogP contribution in [0, 0.1) is 11.7 Å². The van der Waals surface area contributed by atoms with Crippen molar-refractivity contribution in [2.75, 3.05) is 18.5 Å². The summed E-state index contributed by atoms with van der Waals surface area (Å²) in [6, 6.07) is 4.56. The first-order chi connectivity index (χ1) is 8.47. The average molecular weight is 252 g/mol. The molecule has 4 heteroatoms. The van der Waals surface area contributed by atoms with E-state index < -0.39 is 0 Å². The fourth-order valence-corrected chi connectivity index (χ4v) is 2.57. The van der Waals surface area contributed by atoms with E-state index in [4.69, 9.17) is 5.73 Å². The van der Waals surface area contributed by atoms with Crippen molar-refractivity contribution in [3.05, 3.63) is 29.6 Å². The highest BCUT2D eigenvalue weighted by atomic mass is 19.1. The Bertz CT molecular complexity index is 416. The van der Waals surface area contributed by atoms with E-state index in [-0.39, 0.29) is 18.0 Å². The predicted octanol–water partition coefficient (Wildman–Crippen LogP) is 2.05. The van der Waals surface area contributed by atoms with E-state index >= 15 is 0 Å². The molecule has 0 unspecified atom stereocenters. The van der Waals surface area contributed by atoms with E-state index in [1.807, 2.05) is 14.0 Å². The van der Waals surface area contributed by atoms with Gasteiger partial charge < -0.3 is 15.7 Å². The van der Waals surface area contributed by atoms with Crippen molar-refractivity contribution in [3.63, 3.8) is 0 Å². The van der Waals surface area contributed by atoms with Crippen LogP contribution < -0.4 is 10.6 Å². The van der Waals surface area contributed by atoms with Gasteiger partial charge in [-0.15, -0.1) is 0 Å². The van der Waals surface area contributed by atoms with Crippen LogP contribution in [0.3, 0.4) is 0 Å². The lowest BCUT2D eigenvalue weighted by atomic mass is 9.82. The van der Waals surface area contributed by atoms with Gasteiger partial charge in [0.05, 0.1) is 6.10 Å². The number of nitrogens with zero attached hydrogens (tertiary/aromatic N) is 1. The number of nitrogens with two attached hydrogens (primary N) is 1. The molecule has 0 bridgehead atoms. The molecule has 2 rings (SSSR count). The molecule has 1 saturated carbocycles. The van der Waals surface area contributed by atoms with Crippen LogP contribution in [0.25, 0.3) is 0 Å². The van der Waals surface area contributed by atoms with Gasteiger partial charge in [0.15, 0.2) is 0 Å². The van der Waals surface area contributed by atoms with Crippen LogP contribution in [-0.2, 0) is 0 Å². The van der Waals surface area contributed by atoms with Crippen LogP contribution in [0.15, 0.2) is 18.2 Å². The molecule has 1 aliphatic rings. The minimum atomic E-state index is -0.251. The Labute approximate surface area is 107 Å². The molecule has 100 valence electrons. The summed E-state index contributed by atoms with van der Waals surface area (Å²) in [7, 11) is 1.99. The van der Waals surface area contributed by atoms with Crippen LogP contribution in [0.2, 0.25) is 0 Å². The summed E-state index contributed by atoms with van der Waals surface area (Å²) in [5, 5.41) is 9.29. The molecule has 0 amide bonds. The second-order valence-corrected chi connectivity index (χ2v) is 5.36. The van der Waals surface area contributed by atoms with Crippen LogP contribution in [0.1, 0.15) is 31.4 Å². The lowest BCUT2D eigenvalue weighted by Gasteiger charge is -2.36. The van der Waals surface area contributed by atoms with Gasteiger partial charge >= 0.3 is 0 Å². The third-order valence-electron chi connectivity index (χ3n) is 3.63. The second kappa shape index (κ2) is 5.24. The molecule has 0 heterocycles. The summed E-state index contributed by atoms with van der Waals surface area (Å²) in [5.41, 5.74) is 7.70. The number of halogens is 1. The number of aliphatic hydroxyl groups is 1. The first kappa shape index (κ1) is 13.3. The topological polar surface area (TPSA) is 49.5 Å². The Balaban J connectivity index is 2.11. The van der Waals surface area contributed by atoms with Gasteiger partial charge in [-0.25, -0.2) is 4.39 Å². The summed E-state index contributed by atoms with van der Waals surface area (Å²) in [6.45, 7) is 2.74. The minimum Gasteiger partial charge on any atom is -0.393 e. The Hall–Kier alpha value is -1.13. The SMILES string of the molecule is C[C@@H](N)c1cc(F)ccc1N(C)CC1CC(O)C1. The van der Waals surface area contributed by atoms with E-state index in [1.54, 1.807) is 6.07 Å². The van der Waals surface area contributed by atoms with Gasteiger partial charge in [-0.05, 0) is 49.4 Å². The van der Waals surface area contributed by atoms with Gasteiger partial charge in [0.1, 0.15) is 5.82 Å². The zero-order chi connectivity index (χ0) is 13.3. The monoisotopic (exact) mass is 252 g/mol. The largest absolute Gasteiger partial charge is 0.393 e. The molecule has 1 atom stereocenters. The first-order valence-corrected chi connectivity index (χ1v) is 6.41. The van der Waals surface area contributed by atoms with Crippen LogP contribution >= 0.6 is 0 Å². The maximum absolute atomic E-state index is 13.3. The molecule has 0 aromatic heterocycles. The molecule has 1 aromatic carbocycles. The highest BCUT2D eigenvalue weighted by molar-refractivity contribution is 5.54. The highest BCUT2D eigenvalue weighted by Crippen LogP contribution is 2.31. The molecular formula is C14H21FN2O. The summed E-state index contributed by atoms with van der Waals surface area (Å²) in [6.07, 6.45) is 1.59. The minimum absolute atomic E-state index is 0.135. The summed E-state index contributed by atoms with van der Waals surface area (Å²) in [4.78, 5) is 2.11. The molecule has 0 spiro atoms. The maximum Gasteiger partial charge on any atom is 0.123 e. The fourth-order valence-electron chi connectivity index (χ4n) is 2.57. The number of hydrogen-bond acceptors (Lipinski definition) is 3. The summed E-state index contributed by atoms with van der Waals surface area (Å²) >= 11 is 0. The van der Waals surface area contributed by atoms with Crippen LogP contribution in [0.5, 0.6) is 0 Å². The standard InChI is InChI=1S/C14H21FN2O/c1-9(16)13-7-11(15)3-4-14(13)17(2)8-10-5-12(18)6-10/h3-4,7,9-10,12,18H,5-6,8,16H2,1-2H3/t9-,10?,12?/m1/s1. The van der Waals surface area contributed by atoms with Crippen molar-refractivity contribution in [2.24, 2.45) is 11.7 Å². The van der Waals surface area contributed by atoms with Crippen molar-refractivity contribution < 1.29 is 9.50 Å². The van der Waals surface area contributed by atoms with Crippen LogP contribution in [-0.4, -0.2) is 24.8 Å². The van der Waals surface area contributed by atoms with Gasteiger partial charge in [0, 0.05) is 25.3 Å². The molecule has 3 nitrogen and oxygen atoms in total. The number of anilines is 1. The first-order valence-electron chi connectivity index (χ1n) is 6.41. The molecule has 0 saturated heterocycles. The van der Waals surface area contributed by atoms with Crippen molar-refractivity contribution in [3.8, 4) is 0 Å². The zero-order valence-electron chi connectivity index (χ0n) is 10.9. The Morgan fingerprint density at radius 3 is 2.72 bits per heavy atom. The summed E-state index contributed by atoms with van der Waals surface area (Å²) in [5.74, 6) is 0.273. The molecule has 1 fully saturated rings. The molecule has 3 N–H and O–H groups in total. The molecule has 0 radical (unpaired) electrons. The van der Waals surface area contributed by atoms with Gasteiger partial charge in [0.2, 0.25) is 0 Å². The smallest absolute Gasteiger partial charge is 0.123 e. The van der Waals surface area contributed by atoms with Crippen molar-refractivity contribution in [2.45, 2.75) is 31.9 Å². The molecule has 1 aromatic rings. The maximum atomic E-state index is 13.3.